The van der Waals surface area contributed by atoms with Crippen molar-refractivity contribution < 1.29 is 15.0 Å². The molecule has 2 N–H and O–H groups in total. The van der Waals surface area contributed by atoms with Gasteiger partial charge < -0.3 is 15.1 Å². The zero-order chi connectivity index (χ0) is 16.9. The van der Waals surface area contributed by atoms with Crippen LogP contribution in [0.5, 0.6) is 0 Å². The van der Waals surface area contributed by atoms with E-state index < -0.39 is 11.5 Å². The molecule has 1 spiro atoms. The molecule has 0 bridgehead atoms. The molecule has 4 rings (SSSR count). The molecule has 1 aliphatic carbocycles. The maximum absolute atomic E-state index is 12.7. The summed E-state index contributed by atoms with van der Waals surface area (Å²) in [5, 5.41) is 20.5. The van der Waals surface area contributed by atoms with Gasteiger partial charge in [0.15, 0.2) is 5.69 Å². The van der Waals surface area contributed by atoms with E-state index in [4.69, 9.17) is 0 Å². The predicted octanol–water partition coefficient (Wildman–Crippen LogP) is 1.06. The van der Waals surface area contributed by atoms with Gasteiger partial charge in [-0.15, -0.1) is 0 Å². The summed E-state index contributed by atoms with van der Waals surface area (Å²) < 4.78 is 8.13. The number of β-amino-alcohol motifs (C(OH)–C–C–N with tert-alkyl or cyclic N) is 1. The largest absolute Gasteiger partial charge is 0.396 e. The standard InChI is InChI=1S/C17H19N3O3S/c1-10-15(19-24-18-10)16(23)20-7-13(22)17(9-20)12(8-21)14(17)11-5-3-2-4-6-11/h2-6,12-14,21-22H,7-9H2,1H3/t12-,13-,14-,17-/m1/s1. The van der Waals surface area contributed by atoms with Crippen LogP contribution in [0.25, 0.3) is 0 Å². The second-order valence-corrected chi connectivity index (χ2v) is 7.22. The van der Waals surface area contributed by atoms with E-state index >= 15 is 0 Å². The molecule has 0 unspecified atom stereocenters. The van der Waals surface area contributed by atoms with Gasteiger partial charge in [-0.3, -0.25) is 4.79 Å². The number of benzene rings is 1. The first-order valence-corrected chi connectivity index (χ1v) is 8.75. The minimum atomic E-state index is -0.643. The van der Waals surface area contributed by atoms with Crippen molar-refractivity contribution in [2.75, 3.05) is 19.7 Å². The third kappa shape index (κ3) is 2.12. The van der Waals surface area contributed by atoms with Crippen molar-refractivity contribution in [3.05, 3.63) is 47.3 Å². The zero-order valence-corrected chi connectivity index (χ0v) is 14.1. The highest BCUT2D eigenvalue weighted by Gasteiger charge is 2.71. The number of rotatable bonds is 3. The van der Waals surface area contributed by atoms with Gasteiger partial charge in [0.25, 0.3) is 5.91 Å². The molecule has 2 heterocycles. The fraction of sp³-hybridized carbons (Fsp3) is 0.471. The summed E-state index contributed by atoms with van der Waals surface area (Å²) in [4.78, 5) is 14.3. The quantitative estimate of drug-likeness (QED) is 0.868. The van der Waals surface area contributed by atoms with Crippen molar-refractivity contribution in [2.24, 2.45) is 11.3 Å². The van der Waals surface area contributed by atoms with E-state index in [2.05, 4.69) is 8.75 Å². The van der Waals surface area contributed by atoms with Crippen LogP contribution in [-0.2, 0) is 0 Å². The van der Waals surface area contributed by atoms with Crippen LogP contribution in [0, 0.1) is 18.3 Å². The number of nitrogens with zero attached hydrogens (tertiary/aromatic N) is 3. The van der Waals surface area contributed by atoms with Crippen molar-refractivity contribution in [3.8, 4) is 0 Å². The van der Waals surface area contributed by atoms with Crippen molar-refractivity contribution in [1.29, 1.82) is 0 Å². The Morgan fingerprint density at radius 3 is 2.75 bits per heavy atom. The Morgan fingerprint density at radius 2 is 2.12 bits per heavy atom. The van der Waals surface area contributed by atoms with Gasteiger partial charge in [-0.2, -0.15) is 8.75 Å². The summed E-state index contributed by atoms with van der Waals surface area (Å²) >= 11 is 1.02. The number of aliphatic hydroxyl groups excluding tert-OH is 2. The second kappa shape index (κ2) is 5.61. The number of carbonyl (C=O) groups is 1. The lowest BCUT2D eigenvalue weighted by Gasteiger charge is -2.16. The summed E-state index contributed by atoms with van der Waals surface area (Å²) in [6, 6.07) is 9.92. The number of carbonyl (C=O) groups excluding carboxylic acids is 1. The molecular formula is C17H19N3O3S. The van der Waals surface area contributed by atoms with Crippen LogP contribution in [0.4, 0.5) is 0 Å². The van der Waals surface area contributed by atoms with Gasteiger partial charge >= 0.3 is 0 Å². The maximum atomic E-state index is 12.7. The number of hydrogen-bond donors (Lipinski definition) is 2. The highest BCUT2D eigenvalue weighted by Crippen LogP contribution is 2.68. The molecule has 4 atom stereocenters. The van der Waals surface area contributed by atoms with Crippen molar-refractivity contribution in [3.63, 3.8) is 0 Å². The lowest BCUT2D eigenvalue weighted by atomic mass is 9.95. The molecule has 2 fully saturated rings. The zero-order valence-electron chi connectivity index (χ0n) is 13.3. The lowest BCUT2D eigenvalue weighted by molar-refractivity contribution is 0.0758. The van der Waals surface area contributed by atoms with E-state index in [9.17, 15) is 15.0 Å². The summed E-state index contributed by atoms with van der Waals surface area (Å²) in [5.74, 6) is -0.138. The topological polar surface area (TPSA) is 86.6 Å². The molecule has 1 amide bonds. The number of likely N-dealkylation sites (tertiary alicyclic amines) is 1. The Kier molecular flexibility index (Phi) is 3.67. The van der Waals surface area contributed by atoms with Gasteiger partial charge in [-0.25, -0.2) is 0 Å². The third-order valence-corrected chi connectivity index (χ3v) is 6.16. The van der Waals surface area contributed by atoms with Crippen LogP contribution >= 0.6 is 11.7 Å². The predicted molar refractivity (Wildman–Crippen MR) is 88.7 cm³/mol. The molecule has 1 aromatic heterocycles. The summed E-state index contributed by atoms with van der Waals surface area (Å²) in [6.45, 7) is 2.49. The summed E-state index contributed by atoms with van der Waals surface area (Å²) in [6.07, 6.45) is -0.643. The first-order valence-electron chi connectivity index (χ1n) is 8.02. The molecule has 1 saturated heterocycles. The monoisotopic (exact) mass is 345 g/mol. The average Bonchev–Trinajstić information content (AvgIpc) is 2.82. The highest BCUT2D eigenvalue weighted by molar-refractivity contribution is 6.99. The highest BCUT2D eigenvalue weighted by atomic mass is 32.1. The fourth-order valence-electron chi connectivity index (χ4n) is 4.30. The fourth-order valence-corrected chi connectivity index (χ4v) is 4.84. The number of amides is 1. The van der Waals surface area contributed by atoms with E-state index in [0.29, 0.717) is 17.9 Å². The minimum Gasteiger partial charge on any atom is -0.396 e. The molecule has 2 aliphatic rings. The van der Waals surface area contributed by atoms with Gasteiger partial charge in [0.2, 0.25) is 0 Å². The van der Waals surface area contributed by atoms with Crippen LogP contribution in [0.15, 0.2) is 30.3 Å². The van der Waals surface area contributed by atoms with E-state index in [1.165, 1.54) is 0 Å². The van der Waals surface area contributed by atoms with Gasteiger partial charge in [0.1, 0.15) is 0 Å². The number of hydrogen-bond acceptors (Lipinski definition) is 6. The number of aryl methyl sites for hydroxylation is 1. The van der Waals surface area contributed by atoms with Gasteiger partial charge in [0, 0.05) is 25.1 Å². The van der Waals surface area contributed by atoms with Crippen LogP contribution in [0.3, 0.4) is 0 Å². The molecule has 1 aromatic carbocycles. The third-order valence-electron chi connectivity index (χ3n) is 5.54. The Hall–Kier alpha value is -1.83. The Labute approximate surface area is 144 Å². The number of aromatic nitrogens is 2. The Bertz CT molecular complexity index is 765. The van der Waals surface area contributed by atoms with Crippen LogP contribution < -0.4 is 0 Å². The SMILES string of the molecule is Cc1nsnc1C(=O)N1C[C@@H](O)[C@@]2(C1)[C@H](CO)[C@H]2c1ccccc1. The smallest absolute Gasteiger partial charge is 0.275 e. The second-order valence-electron chi connectivity index (χ2n) is 6.69. The molecule has 1 saturated carbocycles. The van der Waals surface area contributed by atoms with Crippen LogP contribution in [0.1, 0.15) is 27.7 Å². The van der Waals surface area contributed by atoms with Crippen molar-refractivity contribution >= 4 is 17.6 Å². The number of aliphatic hydroxyl groups is 2. The summed E-state index contributed by atoms with van der Waals surface area (Å²) in [7, 11) is 0. The van der Waals surface area contributed by atoms with Gasteiger partial charge in [-0.1, -0.05) is 30.3 Å². The van der Waals surface area contributed by atoms with Crippen LogP contribution in [0.2, 0.25) is 0 Å². The molecule has 1 aliphatic heterocycles. The first-order chi connectivity index (χ1) is 11.6. The molecule has 126 valence electrons. The molecule has 2 aromatic rings. The minimum absolute atomic E-state index is 0.00986. The molecule has 7 heteroatoms. The van der Waals surface area contributed by atoms with Crippen LogP contribution in [-0.4, -0.2) is 55.6 Å². The Morgan fingerprint density at radius 1 is 1.38 bits per heavy atom. The molecule has 0 radical (unpaired) electrons. The normalized spacial score (nSPS) is 31.6. The van der Waals surface area contributed by atoms with E-state index in [-0.39, 0.29) is 30.9 Å². The van der Waals surface area contributed by atoms with Gasteiger partial charge in [0.05, 0.1) is 23.5 Å². The lowest BCUT2D eigenvalue weighted by Crippen LogP contribution is -2.30. The Balaban J connectivity index is 1.61. The average molecular weight is 345 g/mol. The van der Waals surface area contributed by atoms with E-state index in [1.54, 1.807) is 11.8 Å². The first kappa shape index (κ1) is 15.7. The van der Waals surface area contributed by atoms with E-state index in [0.717, 1.165) is 17.3 Å². The van der Waals surface area contributed by atoms with Gasteiger partial charge in [-0.05, 0) is 24.3 Å². The van der Waals surface area contributed by atoms with Crippen molar-refractivity contribution in [1.82, 2.24) is 13.6 Å². The maximum Gasteiger partial charge on any atom is 0.275 e. The summed E-state index contributed by atoms with van der Waals surface area (Å²) in [5.41, 5.74) is 1.64. The van der Waals surface area contributed by atoms with Crippen molar-refractivity contribution in [2.45, 2.75) is 18.9 Å². The molecule has 6 nitrogen and oxygen atoms in total. The van der Waals surface area contributed by atoms with E-state index in [1.807, 2.05) is 30.3 Å². The molecule has 24 heavy (non-hydrogen) atoms. The molecular weight excluding hydrogens is 326 g/mol.